The zero-order valence-electron chi connectivity index (χ0n) is 36.0. The van der Waals surface area contributed by atoms with Crippen molar-refractivity contribution < 1.29 is 28.5 Å². The minimum atomic E-state index is -3.05. The fourth-order valence-corrected chi connectivity index (χ4v) is 17.6. The van der Waals surface area contributed by atoms with Gasteiger partial charge in [-0.2, -0.15) is 0 Å². The van der Waals surface area contributed by atoms with Gasteiger partial charge in [0.05, 0.1) is 26.4 Å². The van der Waals surface area contributed by atoms with Gasteiger partial charge in [-0.25, -0.2) is 0 Å². The third-order valence-corrected chi connectivity index (χ3v) is 21.5. The molecule has 60 heavy (non-hydrogen) atoms. The number of rotatable bonds is 19. The first-order chi connectivity index (χ1) is 28.9. The maximum Gasteiger partial charge on any atom is 0.261 e. The van der Waals surface area contributed by atoms with Crippen molar-refractivity contribution in [3.8, 4) is 0 Å². The van der Waals surface area contributed by atoms with Crippen LogP contribution in [-0.2, 0) is 31.5 Å². The molecule has 0 aliphatic carbocycles. The molecule has 0 heterocycles. The summed E-state index contributed by atoms with van der Waals surface area (Å²) in [7, 11) is -6.09. The molecule has 6 aromatic rings. The second kappa shape index (κ2) is 20.4. The monoisotopic (exact) mass is 838 g/mol. The Labute approximate surface area is 360 Å². The first-order valence-corrected chi connectivity index (χ1v) is 24.9. The third-order valence-electron chi connectivity index (χ3n) is 11.5. The van der Waals surface area contributed by atoms with Crippen LogP contribution < -0.4 is 20.7 Å². The standard InChI is InChI=1S/C52H62O6Si2/c1-51(2,3)59(43-29-17-9-18-30-43,44-31-19-10-20-32-44)57-39-47(55-37-41-25-13-7-14-26-41)49(53)50(54)48(56-38-42-27-15-8-16-28-42)40-58-60(52(4,5)6,45-33-21-11-22-34-45)46-35-23-12-24-36-46/h7-36,47-50,53-54H,37-40H2,1-6H3/t47-,48-,49-,50+/m1/s1. The zero-order valence-corrected chi connectivity index (χ0v) is 38.0. The number of hydrogen-bond acceptors (Lipinski definition) is 6. The first-order valence-electron chi connectivity index (χ1n) is 21.0. The van der Waals surface area contributed by atoms with E-state index in [1.807, 2.05) is 84.9 Å². The Morgan fingerprint density at radius 2 is 0.617 bits per heavy atom. The number of aliphatic hydroxyl groups is 2. The molecule has 0 spiro atoms. The van der Waals surface area contributed by atoms with Crippen LogP contribution >= 0.6 is 0 Å². The number of hydrogen-bond donors (Lipinski definition) is 2. The highest BCUT2D eigenvalue weighted by atomic mass is 28.4. The van der Waals surface area contributed by atoms with E-state index in [2.05, 4.69) is 139 Å². The fourth-order valence-electron chi connectivity index (χ4n) is 8.42. The van der Waals surface area contributed by atoms with Gasteiger partial charge in [0.25, 0.3) is 16.6 Å². The lowest BCUT2D eigenvalue weighted by atomic mass is 10.0. The lowest BCUT2D eigenvalue weighted by Crippen LogP contribution is -2.68. The first kappa shape index (κ1) is 45.1. The summed E-state index contributed by atoms with van der Waals surface area (Å²) in [5.41, 5.74) is 1.89. The summed E-state index contributed by atoms with van der Waals surface area (Å²) < 4.78 is 28.0. The topological polar surface area (TPSA) is 77.4 Å². The average molecular weight is 839 g/mol. The van der Waals surface area contributed by atoms with Crippen LogP contribution in [0.4, 0.5) is 0 Å². The molecule has 0 unspecified atom stereocenters. The van der Waals surface area contributed by atoms with Crippen molar-refractivity contribution in [3.05, 3.63) is 193 Å². The molecule has 0 saturated heterocycles. The second-order valence-corrected chi connectivity index (χ2v) is 26.2. The van der Waals surface area contributed by atoms with E-state index < -0.39 is 41.1 Å². The van der Waals surface area contributed by atoms with Crippen molar-refractivity contribution in [2.24, 2.45) is 0 Å². The molecule has 314 valence electrons. The highest BCUT2D eigenvalue weighted by Crippen LogP contribution is 2.38. The lowest BCUT2D eigenvalue weighted by molar-refractivity contribution is -0.157. The van der Waals surface area contributed by atoms with E-state index in [4.69, 9.17) is 18.3 Å². The predicted molar refractivity (Wildman–Crippen MR) is 249 cm³/mol. The fraction of sp³-hybridized carbons (Fsp3) is 0.308. The summed E-state index contributed by atoms with van der Waals surface area (Å²) in [4.78, 5) is 0. The molecule has 4 atom stereocenters. The van der Waals surface area contributed by atoms with Gasteiger partial charge in [0.15, 0.2) is 0 Å². The molecule has 0 bridgehead atoms. The van der Waals surface area contributed by atoms with Gasteiger partial charge in [0.2, 0.25) is 0 Å². The molecule has 0 saturated carbocycles. The molecule has 0 aromatic heterocycles. The van der Waals surface area contributed by atoms with E-state index in [1.165, 1.54) is 0 Å². The number of aliphatic hydroxyl groups excluding tert-OH is 2. The molecule has 2 N–H and O–H groups in total. The van der Waals surface area contributed by atoms with Crippen molar-refractivity contribution in [1.82, 2.24) is 0 Å². The van der Waals surface area contributed by atoms with Gasteiger partial charge in [0.1, 0.15) is 24.4 Å². The Hall–Kier alpha value is -4.49. The summed E-state index contributed by atoms with van der Waals surface area (Å²) in [6.07, 6.45) is -4.68. The Kier molecular flexibility index (Phi) is 15.3. The van der Waals surface area contributed by atoms with Crippen molar-refractivity contribution in [1.29, 1.82) is 0 Å². The Morgan fingerprint density at radius 1 is 0.383 bits per heavy atom. The van der Waals surface area contributed by atoms with Crippen LogP contribution in [0.2, 0.25) is 10.1 Å². The summed E-state index contributed by atoms with van der Waals surface area (Å²) in [5, 5.41) is 28.9. The normalized spacial score (nSPS) is 14.6. The molecule has 6 rings (SSSR count). The summed E-state index contributed by atoms with van der Waals surface area (Å²) in [6, 6.07) is 61.4. The molecule has 0 aliphatic rings. The summed E-state index contributed by atoms with van der Waals surface area (Å²) in [5.74, 6) is 0. The Bertz CT molecular complexity index is 1890. The summed E-state index contributed by atoms with van der Waals surface area (Å²) >= 11 is 0. The van der Waals surface area contributed by atoms with Crippen molar-refractivity contribution >= 4 is 37.4 Å². The largest absolute Gasteiger partial charge is 0.405 e. The van der Waals surface area contributed by atoms with Gasteiger partial charge >= 0.3 is 0 Å². The van der Waals surface area contributed by atoms with Crippen molar-refractivity contribution in [2.45, 2.75) is 89.2 Å². The van der Waals surface area contributed by atoms with Crippen LogP contribution in [0.15, 0.2) is 182 Å². The van der Waals surface area contributed by atoms with Gasteiger partial charge in [0, 0.05) is 0 Å². The van der Waals surface area contributed by atoms with Gasteiger partial charge in [-0.1, -0.05) is 224 Å². The van der Waals surface area contributed by atoms with E-state index in [0.29, 0.717) is 0 Å². The maximum atomic E-state index is 12.5. The number of ether oxygens (including phenoxy) is 2. The van der Waals surface area contributed by atoms with E-state index in [9.17, 15) is 10.2 Å². The van der Waals surface area contributed by atoms with Gasteiger partial charge < -0.3 is 28.5 Å². The van der Waals surface area contributed by atoms with Crippen LogP contribution in [0.1, 0.15) is 52.7 Å². The third kappa shape index (κ3) is 10.3. The van der Waals surface area contributed by atoms with E-state index in [0.717, 1.165) is 31.9 Å². The molecule has 6 aromatic carbocycles. The zero-order chi connectivity index (χ0) is 42.6. The van der Waals surface area contributed by atoms with Crippen LogP contribution in [0.3, 0.4) is 0 Å². The minimum absolute atomic E-state index is 0.0271. The summed E-state index contributed by atoms with van der Waals surface area (Å²) in [6.45, 7) is 13.8. The van der Waals surface area contributed by atoms with Gasteiger partial charge in [-0.05, 0) is 42.0 Å². The highest BCUT2D eigenvalue weighted by Gasteiger charge is 2.52. The Morgan fingerprint density at radius 3 is 0.850 bits per heavy atom. The van der Waals surface area contributed by atoms with Crippen LogP contribution in [0.5, 0.6) is 0 Å². The van der Waals surface area contributed by atoms with Gasteiger partial charge in [-0.3, -0.25) is 0 Å². The molecule has 6 nitrogen and oxygen atoms in total. The molecular weight excluding hydrogens is 777 g/mol. The van der Waals surface area contributed by atoms with Gasteiger partial charge in [-0.15, -0.1) is 0 Å². The molecule has 8 heteroatoms. The Balaban J connectivity index is 1.38. The van der Waals surface area contributed by atoms with E-state index in [1.54, 1.807) is 0 Å². The van der Waals surface area contributed by atoms with Crippen LogP contribution in [0.25, 0.3) is 0 Å². The van der Waals surface area contributed by atoms with Crippen LogP contribution in [-0.4, -0.2) is 64.5 Å². The highest BCUT2D eigenvalue weighted by molar-refractivity contribution is 7.00. The van der Waals surface area contributed by atoms with Crippen LogP contribution in [0, 0.1) is 0 Å². The minimum Gasteiger partial charge on any atom is -0.405 e. The maximum absolute atomic E-state index is 12.5. The van der Waals surface area contributed by atoms with E-state index >= 15 is 0 Å². The lowest BCUT2D eigenvalue weighted by Gasteiger charge is -2.45. The quantitative estimate of drug-likeness (QED) is 0.0806. The smallest absolute Gasteiger partial charge is 0.261 e. The molecule has 0 aliphatic heterocycles. The van der Waals surface area contributed by atoms with E-state index in [-0.39, 0.29) is 36.5 Å². The van der Waals surface area contributed by atoms with Crippen molar-refractivity contribution in [3.63, 3.8) is 0 Å². The number of benzene rings is 6. The SMILES string of the molecule is CC(C)(C)[Si](OC[C@@H](OCc1ccccc1)[C@H](O)[C@H](O)[C@@H](CO[Si](c1ccccc1)(c1ccccc1)C(C)(C)C)OCc1ccccc1)(c1ccccc1)c1ccccc1. The second-order valence-electron chi connectivity index (χ2n) is 17.6. The predicted octanol–water partition coefficient (Wildman–Crippen LogP) is 8.03. The molecule has 0 amide bonds. The molecule has 0 fully saturated rings. The molecular formula is C52H62O6Si2. The molecule has 0 radical (unpaired) electrons. The van der Waals surface area contributed by atoms with Crippen molar-refractivity contribution in [2.75, 3.05) is 13.2 Å². The average Bonchev–Trinajstić information content (AvgIpc) is 3.27.